The van der Waals surface area contributed by atoms with Gasteiger partial charge in [0.2, 0.25) is 5.95 Å². The second-order valence-electron chi connectivity index (χ2n) is 2.58. The summed E-state index contributed by atoms with van der Waals surface area (Å²) in [4.78, 5) is 18.3. The van der Waals surface area contributed by atoms with E-state index in [9.17, 15) is 4.79 Å². The van der Waals surface area contributed by atoms with Crippen LogP contribution in [0.2, 0.25) is 0 Å². The highest BCUT2D eigenvalue weighted by atomic mass is 32.2. The first-order valence-corrected chi connectivity index (χ1v) is 4.84. The van der Waals surface area contributed by atoms with Crippen LogP contribution in [0.3, 0.4) is 0 Å². The lowest BCUT2D eigenvalue weighted by Gasteiger charge is -2.00. The molecule has 2 rings (SSSR count). The molecular weight excluding hydrogens is 174 g/mol. The molecule has 0 atom stereocenters. The smallest absolute Gasteiger partial charge is 0.256 e. The van der Waals surface area contributed by atoms with E-state index in [4.69, 9.17) is 0 Å². The average molecular weight is 183 g/mol. The zero-order valence-corrected chi connectivity index (χ0v) is 7.49. The van der Waals surface area contributed by atoms with Gasteiger partial charge in [-0.15, -0.1) is 0 Å². The number of anilines is 1. The summed E-state index contributed by atoms with van der Waals surface area (Å²) in [7, 11) is 1.74. The maximum atomic E-state index is 11.3. The van der Waals surface area contributed by atoms with Crippen molar-refractivity contribution in [2.45, 2.75) is 11.5 Å². The van der Waals surface area contributed by atoms with Gasteiger partial charge >= 0.3 is 0 Å². The molecule has 1 aliphatic rings. The molecule has 0 saturated heterocycles. The van der Waals surface area contributed by atoms with Crippen molar-refractivity contribution in [3.8, 4) is 0 Å². The van der Waals surface area contributed by atoms with Crippen molar-refractivity contribution < 1.29 is 0 Å². The fraction of sp³-hybridized carbons (Fsp3) is 0.429. The first-order valence-electron chi connectivity index (χ1n) is 3.69. The van der Waals surface area contributed by atoms with Crippen molar-refractivity contribution in [2.24, 2.45) is 0 Å². The van der Waals surface area contributed by atoms with Crippen LogP contribution in [0.25, 0.3) is 0 Å². The molecule has 64 valence electrons. The predicted molar refractivity (Wildman–Crippen MR) is 49.4 cm³/mol. The second kappa shape index (κ2) is 2.82. The molecule has 4 nitrogen and oxygen atoms in total. The van der Waals surface area contributed by atoms with E-state index in [-0.39, 0.29) is 5.56 Å². The van der Waals surface area contributed by atoms with E-state index in [1.807, 2.05) is 0 Å². The van der Waals surface area contributed by atoms with Crippen LogP contribution < -0.4 is 10.9 Å². The van der Waals surface area contributed by atoms with Crippen LogP contribution in [0.4, 0.5) is 5.95 Å². The summed E-state index contributed by atoms with van der Waals surface area (Å²) in [6.07, 6.45) is 0. The number of nitrogens with one attached hydrogen (secondary N) is 2. The van der Waals surface area contributed by atoms with Crippen LogP contribution in [-0.2, 0) is 11.5 Å². The van der Waals surface area contributed by atoms with Crippen LogP contribution >= 0.6 is 11.8 Å². The van der Waals surface area contributed by atoms with E-state index in [2.05, 4.69) is 15.3 Å². The lowest BCUT2D eigenvalue weighted by Crippen LogP contribution is -2.16. The van der Waals surface area contributed by atoms with Crippen LogP contribution in [0.5, 0.6) is 0 Å². The van der Waals surface area contributed by atoms with Gasteiger partial charge in [0, 0.05) is 24.1 Å². The number of aromatic nitrogens is 2. The zero-order chi connectivity index (χ0) is 8.55. The van der Waals surface area contributed by atoms with Gasteiger partial charge < -0.3 is 5.32 Å². The molecule has 1 aromatic rings. The molecule has 1 aliphatic heterocycles. The van der Waals surface area contributed by atoms with E-state index < -0.39 is 0 Å². The summed E-state index contributed by atoms with van der Waals surface area (Å²) in [5, 5.41) is 2.82. The Bertz CT molecular complexity index is 360. The molecular formula is C7H9N3OS. The number of thioether (sulfide) groups is 1. The van der Waals surface area contributed by atoms with E-state index >= 15 is 0 Å². The van der Waals surface area contributed by atoms with Crippen molar-refractivity contribution in [2.75, 3.05) is 12.4 Å². The molecule has 0 saturated carbocycles. The van der Waals surface area contributed by atoms with Gasteiger partial charge in [-0.2, -0.15) is 11.8 Å². The number of hydrogen-bond donors (Lipinski definition) is 2. The Labute approximate surface area is 73.8 Å². The van der Waals surface area contributed by atoms with Crippen molar-refractivity contribution >= 4 is 17.7 Å². The summed E-state index contributed by atoms with van der Waals surface area (Å²) < 4.78 is 0. The SMILES string of the molecule is CNc1nc2c(c(=O)[nH]1)CSC2. The minimum absolute atomic E-state index is 0.00523. The van der Waals surface area contributed by atoms with Gasteiger partial charge in [0.25, 0.3) is 5.56 Å². The molecule has 1 aromatic heterocycles. The topological polar surface area (TPSA) is 57.8 Å². The minimum Gasteiger partial charge on any atom is -0.359 e. The van der Waals surface area contributed by atoms with Gasteiger partial charge in [0.05, 0.1) is 5.69 Å². The Morgan fingerprint density at radius 3 is 3.17 bits per heavy atom. The van der Waals surface area contributed by atoms with Gasteiger partial charge in [-0.05, 0) is 0 Å². The van der Waals surface area contributed by atoms with Gasteiger partial charge in [0.15, 0.2) is 0 Å². The van der Waals surface area contributed by atoms with Crippen LogP contribution in [0.1, 0.15) is 11.3 Å². The highest BCUT2D eigenvalue weighted by Crippen LogP contribution is 2.25. The summed E-state index contributed by atoms with van der Waals surface area (Å²) >= 11 is 1.73. The van der Waals surface area contributed by atoms with E-state index in [1.54, 1.807) is 18.8 Å². The third-order valence-electron chi connectivity index (χ3n) is 1.82. The lowest BCUT2D eigenvalue weighted by atomic mass is 10.3. The van der Waals surface area contributed by atoms with Crippen molar-refractivity contribution in [3.05, 3.63) is 21.6 Å². The summed E-state index contributed by atoms with van der Waals surface area (Å²) in [6, 6.07) is 0. The largest absolute Gasteiger partial charge is 0.359 e. The molecule has 0 unspecified atom stereocenters. The van der Waals surface area contributed by atoms with Crippen molar-refractivity contribution in [1.29, 1.82) is 0 Å². The monoisotopic (exact) mass is 183 g/mol. The van der Waals surface area contributed by atoms with Gasteiger partial charge in [-0.3, -0.25) is 9.78 Å². The Hall–Kier alpha value is -0.970. The van der Waals surface area contributed by atoms with Crippen LogP contribution in [-0.4, -0.2) is 17.0 Å². The Morgan fingerprint density at radius 1 is 1.58 bits per heavy atom. The maximum absolute atomic E-state index is 11.3. The van der Waals surface area contributed by atoms with Gasteiger partial charge in [-0.1, -0.05) is 0 Å². The fourth-order valence-electron chi connectivity index (χ4n) is 1.18. The predicted octanol–water partition coefficient (Wildman–Crippen LogP) is 0.558. The molecule has 0 bridgehead atoms. The zero-order valence-electron chi connectivity index (χ0n) is 6.68. The molecule has 12 heavy (non-hydrogen) atoms. The molecule has 0 aliphatic carbocycles. The van der Waals surface area contributed by atoms with E-state index in [1.165, 1.54) is 0 Å². The summed E-state index contributed by atoms with van der Waals surface area (Å²) in [5.41, 5.74) is 1.75. The normalized spacial score (nSPS) is 14.4. The molecule has 0 aromatic carbocycles. The Kier molecular flexibility index (Phi) is 1.80. The molecule has 2 heterocycles. The van der Waals surface area contributed by atoms with E-state index in [0.717, 1.165) is 22.8 Å². The number of rotatable bonds is 1. The average Bonchev–Trinajstić information content (AvgIpc) is 2.52. The number of aromatic amines is 1. The maximum Gasteiger partial charge on any atom is 0.256 e. The molecule has 0 fully saturated rings. The molecule has 5 heteroatoms. The lowest BCUT2D eigenvalue weighted by molar-refractivity contribution is 1.02. The quantitative estimate of drug-likeness (QED) is 0.668. The molecule has 0 spiro atoms. The number of hydrogen-bond acceptors (Lipinski definition) is 4. The summed E-state index contributed by atoms with van der Waals surface area (Å²) in [6.45, 7) is 0. The van der Waals surface area contributed by atoms with Crippen molar-refractivity contribution in [3.63, 3.8) is 0 Å². The number of H-pyrrole nitrogens is 1. The Balaban J connectivity index is 2.59. The van der Waals surface area contributed by atoms with Gasteiger partial charge in [-0.25, -0.2) is 4.98 Å². The third-order valence-corrected chi connectivity index (χ3v) is 2.79. The first kappa shape index (κ1) is 7.67. The van der Waals surface area contributed by atoms with Crippen LogP contribution in [0.15, 0.2) is 4.79 Å². The molecule has 0 radical (unpaired) electrons. The molecule has 0 amide bonds. The highest BCUT2D eigenvalue weighted by molar-refractivity contribution is 7.98. The molecule has 2 N–H and O–H groups in total. The minimum atomic E-state index is -0.00523. The third kappa shape index (κ3) is 1.10. The highest BCUT2D eigenvalue weighted by Gasteiger charge is 2.16. The van der Waals surface area contributed by atoms with Crippen molar-refractivity contribution in [1.82, 2.24) is 9.97 Å². The number of nitrogens with zero attached hydrogens (tertiary/aromatic N) is 1. The van der Waals surface area contributed by atoms with Crippen LogP contribution in [0, 0.1) is 0 Å². The van der Waals surface area contributed by atoms with E-state index in [0.29, 0.717) is 5.95 Å². The van der Waals surface area contributed by atoms with Gasteiger partial charge in [0.1, 0.15) is 0 Å². The second-order valence-corrected chi connectivity index (χ2v) is 3.57. The first-order chi connectivity index (χ1) is 5.81. The number of fused-ring (bicyclic) bond motifs is 1. The standard InChI is InChI=1S/C7H9N3OS/c1-8-7-9-5-3-12-2-4(5)6(11)10-7/h2-3H2,1H3,(H2,8,9,10,11). The Morgan fingerprint density at radius 2 is 2.42 bits per heavy atom. The summed E-state index contributed by atoms with van der Waals surface area (Å²) in [5.74, 6) is 2.21. The fourth-order valence-corrected chi connectivity index (χ4v) is 2.22.